The summed E-state index contributed by atoms with van der Waals surface area (Å²) in [5, 5.41) is 3.14. The van der Waals surface area contributed by atoms with Gasteiger partial charge in [0.2, 0.25) is 0 Å². The minimum Gasteiger partial charge on any atom is -0.493 e. The summed E-state index contributed by atoms with van der Waals surface area (Å²) in [7, 11) is 0. The maximum absolute atomic E-state index is 10.8. The standard InChI is InChI=1S/C23H32N2O2/c1-16-10-11-19(24)8-6-7-9-21(16)22-17(2)14-20(15-18(22)3)27-13-12-23(4,5)25-26/h6-7,9,14-15,19H,1,8,10-13,24H2,2-5H3/b7-6-,21-9+/t19-/m0/s1. The van der Waals surface area contributed by atoms with E-state index in [2.05, 4.69) is 56.0 Å². The molecule has 0 bridgehead atoms. The van der Waals surface area contributed by atoms with Crippen molar-refractivity contribution in [3.05, 3.63) is 64.1 Å². The van der Waals surface area contributed by atoms with E-state index in [0.717, 1.165) is 41.7 Å². The molecular formula is C23H32N2O2. The van der Waals surface area contributed by atoms with Crippen LogP contribution in [0.1, 0.15) is 56.2 Å². The molecule has 27 heavy (non-hydrogen) atoms. The number of hydrogen-bond donors (Lipinski definition) is 1. The van der Waals surface area contributed by atoms with E-state index in [0.29, 0.717) is 13.0 Å². The zero-order chi connectivity index (χ0) is 20.0. The number of ether oxygens (including phenoxy) is 1. The first kappa shape index (κ1) is 21.1. The van der Waals surface area contributed by atoms with Crippen molar-refractivity contribution in [3.8, 4) is 5.75 Å². The molecule has 1 aliphatic rings. The molecule has 0 aromatic heterocycles. The topological polar surface area (TPSA) is 64.7 Å². The van der Waals surface area contributed by atoms with Gasteiger partial charge in [-0.1, -0.05) is 30.0 Å². The van der Waals surface area contributed by atoms with Gasteiger partial charge in [0.05, 0.1) is 6.61 Å². The Labute approximate surface area is 163 Å². The molecule has 0 saturated carbocycles. The molecule has 4 heteroatoms. The lowest BCUT2D eigenvalue weighted by molar-refractivity contribution is 0.274. The number of benzene rings is 1. The lowest BCUT2D eigenvalue weighted by Crippen LogP contribution is -2.19. The molecule has 1 atom stereocenters. The highest BCUT2D eigenvalue weighted by molar-refractivity contribution is 5.83. The predicted molar refractivity (Wildman–Crippen MR) is 114 cm³/mol. The Bertz CT molecular complexity index is 737. The Hall–Kier alpha value is -2.20. The van der Waals surface area contributed by atoms with Gasteiger partial charge >= 0.3 is 0 Å². The number of allylic oxidation sites excluding steroid dienone is 4. The third-order valence-electron chi connectivity index (χ3n) is 5.04. The minimum atomic E-state index is -0.600. The second-order valence-electron chi connectivity index (χ2n) is 8.08. The summed E-state index contributed by atoms with van der Waals surface area (Å²) in [4.78, 5) is 10.8. The molecule has 1 aromatic carbocycles. The summed E-state index contributed by atoms with van der Waals surface area (Å²) in [5.74, 6) is 0.822. The monoisotopic (exact) mass is 368 g/mol. The quantitative estimate of drug-likeness (QED) is 0.662. The van der Waals surface area contributed by atoms with E-state index in [4.69, 9.17) is 10.5 Å². The van der Waals surface area contributed by atoms with Crippen LogP contribution in [0.15, 0.2) is 47.7 Å². The lowest BCUT2D eigenvalue weighted by Gasteiger charge is -2.19. The van der Waals surface area contributed by atoms with E-state index >= 15 is 0 Å². The highest BCUT2D eigenvalue weighted by Crippen LogP contribution is 2.34. The number of aryl methyl sites for hydroxylation is 2. The summed E-state index contributed by atoms with van der Waals surface area (Å²) in [6.07, 6.45) is 9.70. The van der Waals surface area contributed by atoms with Gasteiger partial charge in [0, 0.05) is 12.5 Å². The molecule has 0 saturated heterocycles. The van der Waals surface area contributed by atoms with Gasteiger partial charge in [-0.05, 0) is 86.9 Å². The van der Waals surface area contributed by atoms with Crippen molar-refractivity contribution in [2.75, 3.05) is 6.61 Å². The van der Waals surface area contributed by atoms with Crippen LogP contribution in [0.2, 0.25) is 0 Å². The predicted octanol–water partition coefficient (Wildman–Crippen LogP) is 5.62. The van der Waals surface area contributed by atoms with Crippen LogP contribution in [-0.4, -0.2) is 18.2 Å². The van der Waals surface area contributed by atoms with E-state index in [1.165, 1.54) is 11.1 Å². The summed E-state index contributed by atoms with van der Waals surface area (Å²) in [6, 6.07) is 4.30. The molecule has 0 spiro atoms. The van der Waals surface area contributed by atoms with Crippen molar-refractivity contribution >= 4 is 5.57 Å². The van der Waals surface area contributed by atoms with Crippen LogP contribution in [0.5, 0.6) is 5.75 Å². The zero-order valence-electron chi connectivity index (χ0n) is 17.0. The summed E-state index contributed by atoms with van der Waals surface area (Å²) < 4.78 is 5.88. The normalized spacial score (nSPS) is 21.4. The molecule has 1 aromatic rings. The van der Waals surface area contributed by atoms with E-state index in [9.17, 15) is 4.91 Å². The summed E-state index contributed by atoms with van der Waals surface area (Å²) in [5.41, 5.74) is 11.3. The fourth-order valence-electron chi connectivity index (χ4n) is 3.30. The Kier molecular flexibility index (Phi) is 7.14. The smallest absolute Gasteiger partial charge is 0.119 e. The minimum absolute atomic E-state index is 0.189. The molecule has 2 rings (SSSR count). The van der Waals surface area contributed by atoms with Crippen molar-refractivity contribution in [2.24, 2.45) is 10.9 Å². The molecule has 2 N–H and O–H groups in total. The number of nitrogens with zero attached hydrogens (tertiary/aromatic N) is 1. The number of hydrogen-bond acceptors (Lipinski definition) is 4. The molecule has 0 unspecified atom stereocenters. The Balaban J connectivity index is 2.23. The van der Waals surface area contributed by atoms with Crippen molar-refractivity contribution in [1.82, 2.24) is 0 Å². The number of nitrogens with two attached hydrogens (primary N) is 1. The molecule has 4 nitrogen and oxygen atoms in total. The molecule has 0 heterocycles. The van der Waals surface area contributed by atoms with Crippen LogP contribution < -0.4 is 10.5 Å². The third-order valence-corrected chi connectivity index (χ3v) is 5.04. The Morgan fingerprint density at radius 2 is 1.96 bits per heavy atom. The van der Waals surface area contributed by atoms with Gasteiger partial charge in [0.1, 0.15) is 11.3 Å². The number of rotatable bonds is 6. The van der Waals surface area contributed by atoms with E-state index in [1.807, 2.05) is 13.8 Å². The first-order chi connectivity index (χ1) is 12.7. The van der Waals surface area contributed by atoms with E-state index in [-0.39, 0.29) is 6.04 Å². The van der Waals surface area contributed by atoms with Crippen molar-refractivity contribution < 1.29 is 4.74 Å². The second-order valence-corrected chi connectivity index (χ2v) is 8.08. The van der Waals surface area contributed by atoms with Gasteiger partial charge in [-0.2, -0.15) is 4.91 Å². The van der Waals surface area contributed by atoms with Crippen LogP contribution in [-0.2, 0) is 0 Å². The fourth-order valence-corrected chi connectivity index (χ4v) is 3.30. The third kappa shape index (κ3) is 5.90. The van der Waals surface area contributed by atoms with Gasteiger partial charge in [-0.25, -0.2) is 0 Å². The summed E-state index contributed by atoms with van der Waals surface area (Å²) in [6.45, 7) is 12.6. The Morgan fingerprint density at radius 3 is 2.59 bits per heavy atom. The summed E-state index contributed by atoms with van der Waals surface area (Å²) >= 11 is 0. The average molecular weight is 369 g/mol. The van der Waals surface area contributed by atoms with E-state index < -0.39 is 5.54 Å². The highest BCUT2D eigenvalue weighted by atomic mass is 16.5. The molecule has 0 fully saturated rings. The van der Waals surface area contributed by atoms with Crippen molar-refractivity contribution in [2.45, 2.75) is 65.0 Å². The first-order valence-electron chi connectivity index (χ1n) is 9.63. The van der Waals surface area contributed by atoms with E-state index in [1.54, 1.807) is 0 Å². The largest absolute Gasteiger partial charge is 0.493 e. The first-order valence-corrected chi connectivity index (χ1v) is 9.63. The average Bonchev–Trinajstić information content (AvgIpc) is 2.67. The van der Waals surface area contributed by atoms with Crippen LogP contribution in [0.3, 0.4) is 0 Å². The van der Waals surface area contributed by atoms with Crippen molar-refractivity contribution in [1.29, 1.82) is 0 Å². The van der Waals surface area contributed by atoms with Crippen LogP contribution >= 0.6 is 0 Å². The zero-order valence-corrected chi connectivity index (χ0v) is 17.0. The Morgan fingerprint density at radius 1 is 1.30 bits per heavy atom. The van der Waals surface area contributed by atoms with Gasteiger partial charge in [-0.3, -0.25) is 0 Å². The van der Waals surface area contributed by atoms with Gasteiger partial charge in [0.15, 0.2) is 0 Å². The van der Waals surface area contributed by atoms with Crippen molar-refractivity contribution in [3.63, 3.8) is 0 Å². The molecular weight excluding hydrogens is 336 g/mol. The molecule has 0 amide bonds. The SMILES string of the molecule is C=C1CC[C@@H](N)C/C=C\C=C/1c1c(C)cc(OCCC(C)(C)N=O)cc1C. The second kappa shape index (κ2) is 9.14. The van der Waals surface area contributed by atoms with Gasteiger partial charge in [-0.15, -0.1) is 0 Å². The highest BCUT2D eigenvalue weighted by Gasteiger charge is 2.19. The molecule has 0 aliphatic heterocycles. The van der Waals surface area contributed by atoms with Crippen LogP contribution in [0.4, 0.5) is 0 Å². The number of nitroso groups, excluding NO2 is 1. The van der Waals surface area contributed by atoms with Crippen LogP contribution in [0.25, 0.3) is 5.57 Å². The molecule has 146 valence electrons. The molecule has 1 aliphatic carbocycles. The van der Waals surface area contributed by atoms with Gasteiger partial charge < -0.3 is 10.5 Å². The van der Waals surface area contributed by atoms with Crippen LogP contribution in [0, 0.1) is 18.8 Å². The fraction of sp³-hybridized carbons (Fsp3) is 0.478. The lowest BCUT2D eigenvalue weighted by atomic mass is 9.88. The molecule has 0 radical (unpaired) electrons. The maximum Gasteiger partial charge on any atom is 0.119 e. The van der Waals surface area contributed by atoms with Gasteiger partial charge in [0.25, 0.3) is 0 Å². The maximum atomic E-state index is 10.8.